The number of nitrogen functional groups attached to an aromatic ring is 1. The number of benzene rings is 1. The third kappa shape index (κ3) is 5.80. The first-order chi connectivity index (χ1) is 17.2. The van der Waals surface area contributed by atoms with Gasteiger partial charge >= 0.3 is 0 Å². The van der Waals surface area contributed by atoms with Crippen molar-refractivity contribution in [3.05, 3.63) is 65.9 Å². The second kappa shape index (κ2) is 10.5. The van der Waals surface area contributed by atoms with Gasteiger partial charge in [-0.05, 0) is 44.2 Å². The number of aromatic nitrogens is 4. The van der Waals surface area contributed by atoms with Crippen LogP contribution in [0.4, 0.5) is 17.5 Å². The number of nitrogens with two attached hydrogens (primary N) is 1. The molecule has 0 spiro atoms. The molecule has 11 heteroatoms. The molecule has 4 rings (SSSR count). The largest absolute Gasteiger partial charge is 0.375 e. The third-order valence-corrected chi connectivity index (χ3v) is 5.42. The van der Waals surface area contributed by atoms with E-state index in [9.17, 15) is 9.90 Å². The van der Waals surface area contributed by atoms with Crippen LogP contribution < -0.4 is 11.1 Å². The summed E-state index contributed by atoms with van der Waals surface area (Å²) in [4.78, 5) is 30.9. The summed E-state index contributed by atoms with van der Waals surface area (Å²) in [5.41, 5.74) is 5.26. The lowest BCUT2D eigenvalue weighted by atomic mass is 10.0. The van der Waals surface area contributed by atoms with Gasteiger partial charge in [-0.2, -0.15) is 4.98 Å². The highest BCUT2D eigenvalue weighted by molar-refractivity contribution is 6.45. The van der Waals surface area contributed by atoms with Crippen LogP contribution >= 0.6 is 0 Å². The minimum absolute atomic E-state index is 0.0739. The predicted molar refractivity (Wildman–Crippen MR) is 133 cm³/mol. The Morgan fingerprint density at radius 1 is 1.28 bits per heavy atom. The summed E-state index contributed by atoms with van der Waals surface area (Å²) in [5.74, 6) is 5.94. The fourth-order valence-corrected chi connectivity index (χ4v) is 3.60. The van der Waals surface area contributed by atoms with Crippen molar-refractivity contribution in [2.24, 2.45) is 0 Å². The van der Waals surface area contributed by atoms with E-state index in [-0.39, 0.29) is 23.6 Å². The zero-order valence-corrected chi connectivity index (χ0v) is 19.9. The average Bonchev–Trinajstić information content (AvgIpc) is 2.87. The van der Waals surface area contributed by atoms with Gasteiger partial charge in [0.15, 0.2) is 11.4 Å². The molecule has 2 unspecified atom stereocenters. The molecule has 3 aromatic rings. The van der Waals surface area contributed by atoms with Gasteiger partial charge in [0, 0.05) is 42.8 Å². The van der Waals surface area contributed by atoms with Crippen LogP contribution in [0.2, 0.25) is 0 Å². The molecule has 184 valence electrons. The Balaban J connectivity index is 1.67. The Morgan fingerprint density at radius 3 is 2.78 bits per heavy atom. The molecule has 0 saturated carbocycles. The van der Waals surface area contributed by atoms with E-state index >= 15 is 0 Å². The van der Waals surface area contributed by atoms with Crippen LogP contribution in [0.25, 0.3) is 0 Å². The minimum atomic E-state index is -1.58. The van der Waals surface area contributed by atoms with Gasteiger partial charge in [-0.3, -0.25) is 10.2 Å². The van der Waals surface area contributed by atoms with Crippen LogP contribution in [0.3, 0.4) is 0 Å². The Morgan fingerprint density at radius 2 is 2.06 bits per heavy atom. The van der Waals surface area contributed by atoms with E-state index in [1.807, 2.05) is 6.92 Å². The van der Waals surface area contributed by atoms with Crippen molar-refractivity contribution in [1.82, 2.24) is 24.8 Å². The van der Waals surface area contributed by atoms with E-state index in [4.69, 9.17) is 15.9 Å². The Hall–Kier alpha value is -4.40. The van der Waals surface area contributed by atoms with Gasteiger partial charge < -0.3 is 25.8 Å². The summed E-state index contributed by atoms with van der Waals surface area (Å²) in [7, 11) is 0. The number of hydrogen-bond acceptors (Lipinski definition) is 10. The number of morpholine rings is 1. The van der Waals surface area contributed by atoms with E-state index in [2.05, 4.69) is 37.1 Å². The highest BCUT2D eigenvalue weighted by atomic mass is 16.5. The van der Waals surface area contributed by atoms with Crippen molar-refractivity contribution < 1.29 is 14.6 Å². The third-order valence-electron chi connectivity index (χ3n) is 5.42. The molecule has 2 aromatic heterocycles. The average molecular weight is 487 g/mol. The Bertz CT molecular complexity index is 1330. The molecule has 3 heterocycles. The summed E-state index contributed by atoms with van der Waals surface area (Å²) in [6, 6.07) is 8.25. The first-order valence-corrected chi connectivity index (χ1v) is 11.3. The fourth-order valence-electron chi connectivity index (χ4n) is 3.60. The number of carbonyl (C=O) groups excluding carboxylic acids is 1. The standard InChI is InChI=1S/C25H26N8O3/c1-16-15-33(12-13-36-16)22(34)21(26)18-5-4-17(6-8-25(2,35)23-28-9-3-10-29-23)14-19(18)31-20-7-11-30-24(27)32-20/h3-5,7,9-11,14,16,26,35H,12-13,15H2,1-2H3,(H3,27,30,31,32). The predicted octanol–water partition coefficient (Wildman–Crippen LogP) is 1.47. The van der Waals surface area contributed by atoms with Crippen LogP contribution in [-0.2, 0) is 15.1 Å². The lowest BCUT2D eigenvalue weighted by Gasteiger charge is -2.31. The van der Waals surface area contributed by atoms with Gasteiger partial charge in [0.05, 0.1) is 18.4 Å². The van der Waals surface area contributed by atoms with E-state index < -0.39 is 11.5 Å². The Labute approximate surface area is 208 Å². The normalized spacial score (nSPS) is 16.9. The van der Waals surface area contributed by atoms with E-state index in [1.165, 1.54) is 25.5 Å². The molecule has 1 aliphatic heterocycles. The van der Waals surface area contributed by atoms with Gasteiger partial charge in [-0.1, -0.05) is 11.8 Å². The van der Waals surface area contributed by atoms with Crippen LogP contribution in [-0.4, -0.2) is 67.4 Å². The molecule has 11 nitrogen and oxygen atoms in total. The van der Waals surface area contributed by atoms with Crippen LogP contribution in [0, 0.1) is 17.3 Å². The molecule has 5 N–H and O–H groups in total. The second-order valence-electron chi connectivity index (χ2n) is 8.39. The van der Waals surface area contributed by atoms with Gasteiger partial charge in [0.2, 0.25) is 5.95 Å². The molecule has 2 atom stereocenters. The van der Waals surface area contributed by atoms with Crippen molar-refractivity contribution >= 4 is 29.1 Å². The number of amides is 1. The number of aliphatic hydroxyl groups is 1. The number of anilines is 3. The number of ether oxygens (including phenoxy) is 1. The first-order valence-electron chi connectivity index (χ1n) is 11.3. The molecule has 1 saturated heterocycles. The molecule has 0 aliphatic carbocycles. The molecule has 1 aliphatic rings. The van der Waals surface area contributed by atoms with Crippen molar-refractivity contribution in [1.29, 1.82) is 5.41 Å². The van der Waals surface area contributed by atoms with Gasteiger partial charge in [0.1, 0.15) is 11.5 Å². The number of carbonyl (C=O) groups is 1. The minimum Gasteiger partial charge on any atom is -0.375 e. The molecular weight excluding hydrogens is 460 g/mol. The SMILES string of the molecule is CC1CN(C(=O)C(=N)c2ccc(C#CC(C)(O)c3ncccn3)cc2Nc2ccnc(N)n2)CCO1. The maximum atomic E-state index is 13.1. The van der Waals surface area contributed by atoms with Gasteiger partial charge in [0.25, 0.3) is 5.91 Å². The molecule has 0 bridgehead atoms. The lowest BCUT2D eigenvalue weighted by molar-refractivity contribution is -0.130. The zero-order chi connectivity index (χ0) is 25.7. The van der Waals surface area contributed by atoms with Crippen LogP contribution in [0.1, 0.15) is 30.8 Å². The zero-order valence-electron chi connectivity index (χ0n) is 19.9. The Kier molecular flexibility index (Phi) is 7.19. The van der Waals surface area contributed by atoms with E-state index in [1.54, 1.807) is 35.2 Å². The maximum absolute atomic E-state index is 13.1. The summed E-state index contributed by atoms with van der Waals surface area (Å²) in [6.07, 6.45) is 4.45. The molecular formula is C25H26N8O3. The highest BCUT2D eigenvalue weighted by Gasteiger charge is 2.27. The summed E-state index contributed by atoms with van der Waals surface area (Å²) in [5, 5.41) is 22.5. The summed E-state index contributed by atoms with van der Waals surface area (Å²) >= 11 is 0. The molecule has 1 aromatic carbocycles. The van der Waals surface area contributed by atoms with Crippen molar-refractivity contribution in [3.63, 3.8) is 0 Å². The van der Waals surface area contributed by atoms with E-state index in [0.29, 0.717) is 42.3 Å². The van der Waals surface area contributed by atoms with E-state index in [0.717, 1.165) is 0 Å². The highest BCUT2D eigenvalue weighted by Crippen LogP contribution is 2.24. The quantitative estimate of drug-likeness (QED) is 0.309. The molecule has 0 radical (unpaired) electrons. The molecule has 36 heavy (non-hydrogen) atoms. The number of rotatable bonds is 5. The van der Waals surface area contributed by atoms with Crippen LogP contribution in [0.15, 0.2) is 48.9 Å². The van der Waals surface area contributed by atoms with Crippen molar-refractivity contribution in [2.75, 3.05) is 30.7 Å². The molecule has 1 amide bonds. The van der Waals surface area contributed by atoms with Crippen LogP contribution in [0.5, 0.6) is 0 Å². The number of hydrogen-bond donors (Lipinski definition) is 4. The lowest BCUT2D eigenvalue weighted by Crippen LogP contribution is -2.47. The fraction of sp³-hybridized carbons (Fsp3) is 0.280. The van der Waals surface area contributed by atoms with Crippen molar-refractivity contribution in [3.8, 4) is 11.8 Å². The number of nitrogens with one attached hydrogen (secondary N) is 2. The van der Waals surface area contributed by atoms with Crippen molar-refractivity contribution in [2.45, 2.75) is 25.6 Å². The summed E-state index contributed by atoms with van der Waals surface area (Å²) in [6.45, 7) is 4.64. The topological polar surface area (TPSA) is 163 Å². The summed E-state index contributed by atoms with van der Waals surface area (Å²) < 4.78 is 5.51. The maximum Gasteiger partial charge on any atom is 0.272 e. The van der Waals surface area contributed by atoms with Gasteiger partial charge in [-0.25, -0.2) is 15.0 Å². The molecule has 1 fully saturated rings. The van der Waals surface area contributed by atoms with Gasteiger partial charge in [-0.15, -0.1) is 0 Å². The first kappa shape index (κ1) is 24.7. The second-order valence-corrected chi connectivity index (χ2v) is 8.39. The number of nitrogens with zero attached hydrogens (tertiary/aromatic N) is 5. The monoisotopic (exact) mass is 486 g/mol. The smallest absolute Gasteiger partial charge is 0.272 e.